The molecule has 2 rings (SSSR count). The maximum Gasteiger partial charge on any atom is 0.416 e. The highest BCUT2D eigenvalue weighted by atomic mass is 19.4. The molecule has 0 spiro atoms. The van der Waals surface area contributed by atoms with E-state index in [4.69, 9.17) is 0 Å². The molecule has 0 heterocycles. The van der Waals surface area contributed by atoms with Crippen LogP contribution < -0.4 is 10.6 Å². The summed E-state index contributed by atoms with van der Waals surface area (Å²) in [6.45, 7) is 3.69. The van der Waals surface area contributed by atoms with Crippen molar-refractivity contribution >= 4 is 17.5 Å². The Labute approximate surface area is 125 Å². The summed E-state index contributed by atoms with van der Waals surface area (Å²) in [5, 5.41) is 4.93. The molecular formula is C15H15F3N2O2. The molecule has 2 amide bonds. The fourth-order valence-corrected chi connectivity index (χ4v) is 2.04. The lowest BCUT2D eigenvalue weighted by molar-refractivity contribution is -0.138. The Hall–Kier alpha value is -2.31. The molecule has 1 saturated carbocycles. The zero-order chi connectivity index (χ0) is 16.4. The fraction of sp³-hybridized carbons (Fsp3) is 0.333. The van der Waals surface area contributed by atoms with Crippen LogP contribution in [-0.4, -0.2) is 18.4 Å². The van der Waals surface area contributed by atoms with Gasteiger partial charge in [0.25, 0.3) is 0 Å². The minimum Gasteiger partial charge on any atom is -0.352 e. The van der Waals surface area contributed by atoms with Crippen molar-refractivity contribution in [3.63, 3.8) is 0 Å². The highest BCUT2D eigenvalue weighted by Crippen LogP contribution is 2.47. The zero-order valence-corrected chi connectivity index (χ0v) is 11.7. The first kappa shape index (κ1) is 16.1. The van der Waals surface area contributed by atoms with Crippen LogP contribution in [0.15, 0.2) is 36.9 Å². The van der Waals surface area contributed by atoms with E-state index in [1.54, 1.807) is 0 Å². The largest absolute Gasteiger partial charge is 0.416 e. The molecule has 0 saturated heterocycles. The van der Waals surface area contributed by atoms with Gasteiger partial charge in [0.2, 0.25) is 11.8 Å². The molecule has 0 aliphatic heterocycles. The smallest absolute Gasteiger partial charge is 0.352 e. The summed E-state index contributed by atoms with van der Waals surface area (Å²) < 4.78 is 37.9. The summed E-state index contributed by atoms with van der Waals surface area (Å²) in [4.78, 5) is 24.1. The third kappa shape index (κ3) is 3.29. The number of alkyl halides is 3. The standard InChI is InChI=1S/C15H15F3N2O2/c1-2-8-19-12(21)14(6-7-14)13(22)20-11-5-3-4-10(9-11)15(16,17)18/h2-5,9H,1,6-8H2,(H,19,21)(H,20,22). The first-order valence-corrected chi connectivity index (χ1v) is 6.67. The molecule has 1 aliphatic rings. The number of hydrogen-bond acceptors (Lipinski definition) is 2. The van der Waals surface area contributed by atoms with Crippen molar-refractivity contribution in [3.8, 4) is 0 Å². The second kappa shape index (κ2) is 5.82. The second-order valence-electron chi connectivity index (χ2n) is 5.11. The lowest BCUT2D eigenvalue weighted by atomic mass is 10.0. The van der Waals surface area contributed by atoms with Crippen LogP contribution in [-0.2, 0) is 15.8 Å². The monoisotopic (exact) mass is 312 g/mol. The van der Waals surface area contributed by atoms with Gasteiger partial charge in [0.15, 0.2) is 0 Å². The number of amides is 2. The summed E-state index contributed by atoms with van der Waals surface area (Å²) >= 11 is 0. The van der Waals surface area contributed by atoms with Crippen molar-refractivity contribution in [2.24, 2.45) is 5.41 Å². The van der Waals surface area contributed by atoms with Gasteiger partial charge >= 0.3 is 6.18 Å². The Morgan fingerprint density at radius 2 is 1.95 bits per heavy atom. The Kier molecular flexibility index (Phi) is 4.25. The van der Waals surface area contributed by atoms with Crippen molar-refractivity contribution in [3.05, 3.63) is 42.5 Å². The molecule has 0 bridgehead atoms. The van der Waals surface area contributed by atoms with Crippen molar-refractivity contribution in [2.75, 3.05) is 11.9 Å². The molecule has 0 atom stereocenters. The van der Waals surface area contributed by atoms with Crippen LogP contribution in [0, 0.1) is 5.41 Å². The number of anilines is 1. The van der Waals surface area contributed by atoms with E-state index >= 15 is 0 Å². The summed E-state index contributed by atoms with van der Waals surface area (Å²) in [6.07, 6.45) is -2.25. The molecule has 1 fully saturated rings. The molecule has 22 heavy (non-hydrogen) atoms. The van der Waals surface area contributed by atoms with E-state index in [0.717, 1.165) is 12.1 Å². The third-order valence-corrected chi connectivity index (χ3v) is 3.47. The number of carbonyl (C=O) groups is 2. The van der Waals surface area contributed by atoms with Crippen molar-refractivity contribution < 1.29 is 22.8 Å². The maximum atomic E-state index is 12.6. The van der Waals surface area contributed by atoms with Gasteiger partial charge in [0, 0.05) is 12.2 Å². The van der Waals surface area contributed by atoms with Crippen LogP contribution in [0.3, 0.4) is 0 Å². The molecule has 1 aliphatic carbocycles. The van der Waals surface area contributed by atoms with Crippen LogP contribution in [0.5, 0.6) is 0 Å². The van der Waals surface area contributed by atoms with Gasteiger partial charge in [0.1, 0.15) is 5.41 Å². The van der Waals surface area contributed by atoms with Gasteiger partial charge in [-0.3, -0.25) is 9.59 Å². The number of rotatable bonds is 5. The van der Waals surface area contributed by atoms with Gasteiger partial charge in [-0.2, -0.15) is 13.2 Å². The van der Waals surface area contributed by atoms with E-state index in [2.05, 4.69) is 17.2 Å². The summed E-state index contributed by atoms with van der Waals surface area (Å²) in [7, 11) is 0. The van der Waals surface area contributed by atoms with Crippen LogP contribution in [0.25, 0.3) is 0 Å². The van der Waals surface area contributed by atoms with Crippen molar-refractivity contribution in [1.29, 1.82) is 0 Å². The van der Waals surface area contributed by atoms with Gasteiger partial charge in [-0.1, -0.05) is 12.1 Å². The Morgan fingerprint density at radius 3 is 2.50 bits per heavy atom. The molecule has 2 N–H and O–H groups in total. The van der Waals surface area contributed by atoms with Gasteiger partial charge in [-0.15, -0.1) is 6.58 Å². The summed E-state index contributed by atoms with van der Waals surface area (Å²) in [5.41, 5.74) is -2.02. The van der Waals surface area contributed by atoms with E-state index in [-0.39, 0.29) is 12.2 Å². The van der Waals surface area contributed by atoms with Crippen LogP contribution in [0.2, 0.25) is 0 Å². The van der Waals surface area contributed by atoms with E-state index in [1.165, 1.54) is 18.2 Å². The Morgan fingerprint density at radius 1 is 1.27 bits per heavy atom. The zero-order valence-electron chi connectivity index (χ0n) is 11.7. The molecule has 118 valence electrons. The van der Waals surface area contributed by atoms with Crippen molar-refractivity contribution in [2.45, 2.75) is 19.0 Å². The highest BCUT2D eigenvalue weighted by Gasteiger charge is 2.56. The van der Waals surface area contributed by atoms with Gasteiger partial charge in [-0.25, -0.2) is 0 Å². The molecule has 0 unspecified atom stereocenters. The van der Waals surface area contributed by atoms with E-state index in [1.807, 2.05) is 0 Å². The second-order valence-corrected chi connectivity index (χ2v) is 5.11. The molecule has 7 heteroatoms. The minimum atomic E-state index is -4.49. The number of nitrogens with one attached hydrogen (secondary N) is 2. The fourth-order valence-electron chi connectivity index (χ4n) is 2.04. The normalized spacial score (nSPS) is 15.8. The first-order chi connectivity index (χ1) is 10.3. The van der Waals surface area contributed by atoms with Gasteiger partial charge < -0.3 is 10.6 Å². The lowest BCUT2D eigenvalue weighted by Crippen LogP contribution is -2.40. The molecule has 1 aromatic carbocycles. The lowest BCUT2D eigenvalue weighted by Gasteiger charge is -2.15. The highest BCUT2D eigenvalue weighted by molar-refractivity contribution is 6.13. The number of benzene rings is 1. The summed E-state index contributed by atoms with van der Waals surface area (Å²) in [6, 6.07) is 4.32. The van der Waals surface area contributed by atoms with E-state index in [9.17, 15) is 22.8 Å². The minimum absolute atomic E-state index is 0.0163. The predicted octanol–water partition coefficient (Wildman–Crippen LogP) is 2.73. The number of carbonyl (C=O) groups excluding carboxylic acids is 2. The molecule has 0 radical (unpaired) electrons. The third-order valence-electron chi connectivity index (χ3n) is 3.47. The Bertz CT molecular complexity index is 607. The first-order valence-electron chi connectivity index (χ1n) is 6.67. The molecule has 4 nitrogen and oxygen atoms in total. The average Bonchev–Trinajstić information content (AvgIpc) is 3.26. The summed E-state index contributed by atoms with van der Waals surface area (Å²) in [5.74, 6) is -1.02. The SMILES string of the molecule is C=CCNC(=O)C1(C(=O)Nc2cccc(C(F)(F)F)c2)CC1. The van der Waals surface area contributed by atoms with Crippen LogP contribution in [0.1, 0.15) is 18.4 Å². The van der Waals surface area contributed by atoms with E-state index in [0.29, 0.717) is 12.8 Å². The molecule has 0 aromatic heterocycles. The Balaban J connectivity index is 2.09. The maximum absolute atomic E-state index is 12.6. The quantitative estimate of drug-likeness (QED) is 0.649. The van der Waals surface area contributed by atoms with Gasteiger partial charge in [0.05, 0.1) is 5.56 Å². The van der Waals surface area contributed by atoms with Crippen LogP contribution in [0.4, 0.5) is 18.9 Å². The van der Waals surface area contributed by atoms with Crippen molar-refractivity contribution in [1.82, 2.24) is 5.32 Å². The van der Waals surface area contributed by atoms with Crippen LogP contribution >= 0.6 is 0 Å². The predicted molar refractivity (Wildman–Crippen MR) is 74.9 cm³/mol. The van der Waals surface area contributed by atoms with E-state index < -0.39 is 29.0 Å². The molecule has 1 aromatic rings. The topological polar surface area (TPSA) is 58.2 Å². The average molecular weight is 312 g/mol. The van der Waals surface area contributed by atoms with Gasteiger partial charge in [-0.05, 0) is 31.0 Å². The molecular weight excluding hydrogens is 297 g/mol. The number of halogens is 3. The number of hydrogen-bond donors (Lipinski definition) is 2.